The van der Waals surface area contributed by atoms with Crippen LogP contribution in [0, 0.1) is 10.8 Å². The summed E-state index contributed by atoms with van der Waals surface area (Å²) in [5.74, 6) is 0. The van der Waals surface area contributed by atoms with E-state index in [9.17, 15) is 0 Å². The molecule has 1 aromatic carbocycles. The Morgan fingerprint density at radius 1 is 1.28 bits per heavy atom. The summed E-state index contributed by atoms with van der Waals surface area (Å²) in [5.41, 5.74) is 8.06. The predicted octanol–water partition coefficient (Wildman–Crippen LogP) is 3.82. The van der Waals surface area contributed by atoms with Crippen molar-refractivity contribution < 1.29 is 0 Å². The maximum absolute atomic E-state index is 5.98. The normalized spacial score (nSPS) is 20.5. The number of hydrogen-bond acceptors (Lipinski definition) is 2. The van der Waals surface area contributed by atoms with E-state index in [-0.39, 0.29) is 10.8 Å². The van der Waals surface area contributed by atoms with Crippen LogP contribution in [0.5, 0.6) is 0 Å². The Bertz CT molecular complexity index is 495. The Kier molecular flexibility index (Phi) is 3.11. The molecule has 1 saturated carbocycles. The smallest absolute Gasteiger partial charge is 0.106 e. The maximum Gasteiger partial charge on any atom is 0.106 e. The molecule has 3 N–H and O–H groups in total. The van der Waals surface area contributed by atoms with Crippen molar-refractivity contribution in [2.45, 2.75) is 33.7 Å². The lowest BCUT2D eigenvalue weighted by atomic mass is 10.0. The highest BCUT2D eigenvalue weighted by Gasteiger charge is 2.65. The monoisotopic (exact) mass is 282 g/mol. The molecule has 0 unspecified atom stereocenters. The van der Waals surface area contributed by atoms with Gasteiger partial charge >= 0.3 is 0 Å². The van der Waals surface area contributed by atoms with Crippen LogP contribution in [-0.4, -0.2) is 11.0 Å². The molecular weight excluding hydrogens is 264 g/mol. The minimum absolute atomic E-state index is 0.264. The highest BCUT2D eigenvalue weighted by Crippen LogP contribution is 2.63. The zero-order valence-electron chi connectivity index (χ0n) is 11.2. The number of nitrogens with one attached hydrogen (secondary N) is 1. The van der Waals surface area contributed by atoms with Crippen molar-refractivity contribution >= 4 is 34.5 Å². The van der Waals surface area contributed by atoms with Crippen LogP contribution >= 0.6 is 23.8 Å². The third-order valence-electron chi connectivity index (χ3n) is 4.57. The van der Waals surface area contributed by atoms with Crippen molar-refractivity contribution in [1.82, 2.24) is 0 Å². The molecule has 0 radical (unpaired) electrons. The van der Waals surface area contributed by atoms with Crippen LogP contribution < -0.4 is 11.1 Å². The molecule has 0 heterocycles. The van der Waals surface area contributed by atoms with Crippen LogP contribution in [0.25, 0.3) is 0 Å². The topological polar surface area (TPSA) is 38.0 Å². The Labute approximate surface area is 119 Å². The van der Waals surface area contributed by atoms with E-state index < -0.39 is 0 Å². The lowest BCUT2D eigenvalue weighted by molar-refractivity contribution is 0.457. The number of hydrogen-bond donors (Lipinski definition) is 2. The van der Waals surface area contributed by atoms with E-state index in [1.807, 2.05) is 18.2 Å². The molecule has 4 heteroatoms. The molecule has 1 aliphatic carbocycles. The molecule has 2 nitrogen and oxygen atoms in total. The molecule has 1 fully saturated rings. The SMILES string of the molecule is CC1(C)C(Nc2ccc(Cl)cc2C(N)=S)C1(C)C. The number of benzene rings is 1. The zero-order valence-corrected chi connectivity index (χ0v) is 12.7. The zero-order chi connectivity index (χ0) is 13.7. The van der Waals surface area contributed by atoms with Crippen LogP contribution in [0.3, 0.4) is 0 Å². The van der Waals surface area contributed by atoms with Crippen molar-refractivity contribution in [1.29, 1.82) is 0 Å². The van der Waals surface area contributed by atoms with E-state index >= 15 is 0 Å². The van der Waals surface area contributed by atoms with Gasteiger partial charge in [-0.3, -0.25) is 0 Å². The summed E-state index contributed by atoms with van der Waals surface area (Å²) >= 11 is 11.1. The van der Waals surface area contributed by atoms with Crippen molar-refractivity contribution in [3.05, 3.63) is 28.8 Å². The minimum Gasteiger partial charge on any atom is -0.389 e. The lowest BCUT2D eigenvalue weighted by Crippen LogP contribution is -2.16. The van der Waals surface area contributed by atoms with Gasteiger partial charge in [0.05, 0.1) is 0 Å². The van der Waals surface area contributed by atoms with E-state index in [1.165, 1.54) is 0 Å². The number of thiocarbonyl (C=S) groups is 1. The standard InChI is InChI=1S/C14H19ClN2S/c1-13(2)12(14(13,3)4)17-10-6-5-8(15)7-9(10)11(16)18/h5-7,12,17H,1-4H3,(H2,16,18). The van der Waals surface area contributed by atoms with Crippen LogP contribution in [0.2, 0.25) is 5.02 Å². The summed E-state index contributed by atoms with van der Waals surface area (Å²) in [6.45, 7) is 9.06. The van der Waals surface area contributed by atoms with Gasteiger partial charge < -0.3 is 11.1 Å². The second-order valence-corrected chi connectivity index (χ2v) is 6.95. The second kappa shape index (κ2) is 4.10. The first-order valence-corrected chi connectivity index (χ1v) is 6.82. The molecule has 0 amide bonds. The highest BCUT2D eigenvalue weighted by molar-refractivity contribution is 7.80. The Hall–Kier alpha value is -0.800. The van der Waals surface area contributed by atoms with Gasteiger partial charge in [0.25, 0.3) is 0 Å². The van der Waals surface area contributed by atoms with Gasteiger partial charge in [0.2, 0.25) is 0 Å². The minimum atomic E-state index is 0.264. The van der Waals surface area contributed by atoms with Gasteiger partial charge in [0.1, 0.15) is 4.99 Å². The molecule has 0 saturated heterocycles. The highest BCUT2D eigenvalue weighted by atomic mass is 35.5. The molecule has 2 rings (SSSR count). The summed E-state index contributed by atoms with van der Waals surface area (Å²) in [5, 5.41) is 4.20. The van der Waals surface area contributed by atoms with Gasteiger partial charge in [-0.15, -0.1) is 0 Å². The average molecular weight is 283 g/mol. The number of halogens is 1. The Morgan fingerprint density at radius 3 is 2.28 bits per heavy atom. The van der Waals surface area contributed by atoms with Crippen LogP contribution in [-0.2, 0) is 0 Å². The van der Waals surface area contributed by atoms with Crippen LogP contribution in [0.1, 0.15) is 33.3 Å². The summed E-state index contributed by atoms with van der Waals surface area (Å²) < 4.78 is 0. The fraction of sp³-hybridized carbons (Fsp3) is 0.500. The van der Waals surface area contributed by atoms with Crippen LogP contribution in [0.15, 0.2) is 18.2 Å². The maximum atomic E-state index is 5.98. The first-order valence-electron chi connectivity index (χ1n) is 6.04. The molecule has 0 spiro atoms. The van der Waals surface area contributed by atoms with E-state index in [2.05, 4.69) is 33.0 Å². The van der Waals surface area contributed by atoms with Gasteiger partial charge in [-0.1, -0.05) is 51.5 Å². The average Bonchev–Trinajstić information content (AvgIpc) is 2.62. The summed E-state index contributed by atoms with van der Waals surface area (Å²) in [4.78, 5) is 0.372. The first-order chi connectivity index (χ1) is 8.18. The van der Waals surface area contributed by atoms with Crippen molar-refractivity contribution in [3.8, 4) is 0 Å². The third kappa shape index (κ3) is 1.99. The number of anilines is 1. The van der Waals surface area contributed by atoms with E-state index in [4.69, 9.17) is 29.6 Å². The molecule has 0 aliphatic heterocycles. The second-order valence-electron chi connectivity index (χ2n) is 6.07. The van der Waals surface area contributed by atoms with Gasteiger partial charge in [0, 0.05) is 22.3 Å². The summed E-state index contributed by atoms with van der Waals surface area (Å²) in [7, 11) is 0. The number of rotatable bonds is 3. The molecule has 0 aromatic heterocycles. The molecule has 0 atom stereocenters. The molecule has 98 valence electrons. The fourth-order valence-electron chi connectivity index (χ4n) is 2.56. The molecule has 18 heavy (non-hydrogen) atoms. The predicted molar refractivity (Wildman–Crippen MR) is 82.3 cm³/mol. The van der Waals surface area contributed by atoms with Gasteiger partial charge in [-0.05, 0) is 29.0 Å². The number of nitrogens with two attached hydrogens (primary N) is 1. The first kappa shape index (κ1) is 13.6. The largest absolute Gasteiger partial charge is 0.389 e. The van der Waals surface area contributed by atoms with Crippen LogP contribution in [0.4, 0.5) is 5.69 Å². The molecule has 0 bridgehead atoms. The molecule has 1 aliphatic rings. The summed E-state index contributed by atoms with van der Waals surface area (Å²) in [6.07, 6.45) is 0. The van der Waals surface area contributed by atoms with Crippen molar-refractivity contribution in [2.75, 3.05) is 5.32 Å². The lowest BCUT2D eigenvalue weighted by Gasteiger charge is -2.13. The molecule has 1 aromatic rings. The molecular formula is C14H19ClN2S. The van der Waals surface area contributed by atoms with E-state index in [1.54, 1.807) is 0 Å². The van der Waals surface area contributed by atoms with Gasteiger partial charge in [0.15, 0.2) is 0 Å². The quantitative estimate of drug-likeness (QED) is 0.828. The van der Waals surface area contributed by atoms with Gasteiger partial charge in [-0.2, -0.15) is 0 Å². The van der Waals surface area contributed by atoms with E-state index in [0.29, 0.717) is 16.1 Å². The Morgan fingerprint density at radius 2 is 1.83 bits per heavy atom. The van der Waals surface area contributed by atoms with Crippen molar-refractivity contribution in [2.24, 2.45) is 16.6 Å². The van der Waals surface area contributed by atoms with E-state index in [0.717, 1.165) is 11.3 Å². The third-order valence-corrected chi connectivity index (χ3v) is 5.02. The fourth-order valence-corrected chi connectivity index (χ4v) is 2.90. The Balaban J connectivity index is 2.29. The van der Waals surface area contributed by atoms with Crippen molar-refractivity contribution in [3.63, 3.8) is 0 Å². The summed E-state index contributed by atoms with van der Waals surface area (Å²) in [6, 6.07) is 6.03. The van der Waals surface area contributed by atoms with Gasteiger partial charge in [-0.25, -0.2) is 0 Å².